The molecule has 4 rings (SSSR count). The standard InChI is InChI=1S/C25H25N3O4/c1-4-25(18-12-13-21(32-3)16(2)14-18)23(30)28(24(31)27-25)15-22(29)26-20-11-7-9-17-8-5-6-10-19(17)20/h5-14H,4,15H2,1-3H3,(H,26,29)(H,27,31). The summed E-state index contributed by atoms with van der Waals surface area (Å²) < 4.78 is 5.30. The molecule has 7 heteroatoms. The zero-order chi connectivity index (χ0) is 22.9. The van der Waals surface area contributed by atoms with Crippen molar-refractivity contribution in [2.75, 3.05) is 19.0 Å². The van der Waals surface area contributed by atoms with Crippen molar-refractivity contribution in [1.29, 1.82) is 0 Å². The number of hydrogen-bond acceptors (Lipinski definition) is 4. The SMILES string of the molecule is CCC1(c2ccc(OC)c(C)c2)NC(=O)N(CC(=O)Nc2cccc3ccccc23)C1=O. The Bertz CT molecular complexity index is 1220. The highest BCUT2D eigenvalue weighted by Crippen LogP contribution is 2.34. The van der Waals surface area contributed by atoms with Gasteiger partial charge in [0, 0.05) is 11.1 Å². The number of imide groups is 1. The van der Waals surface area contributed by atoms with Gasteiger partial charge in [0.05, 0.1) is 7.11 Å². The molecule has 3 aromatic rings. The van der Waals surface area contributed by atoms with Gasteiger partial charge in [-0.05, 0) is 48.1 Å². The number of benzene rings is 3. The number of rotatable bonds is 6. The third-order valence-corrected chi connectivity index (χ3v) is 5.96. The summed E-state index contributed by atoms with van der Waals surface area (Å²) in [5.41, 5.74) is 0.932. The fourth-order valence-corrected chi connectivity index (χ4v) is 4.22. The van der Waals surface area contributed by atoms with Gasteiger partial charge in [-0.2, -0.15) is 0 Å². The van der Waals surface area contributed by atoms with Crippen LogP contribution in [0.5, 0.6) is 5.75 Å². The second kappa shape index (κ2) is 8.34. The third kappa shape index (κ3) is 3.56. The summed E-state index contributed by atoms with van der Waals surface area (Å²) in [6.45, 7) is 3.34. The van der Waals surface area contributed by atoms with E-state index in [0.717, 1.165) is 21.2 Å². The molecule has 0 spiro atoms. The number of urea groups is 1. The fourth-order valence-electron chi connectivity index (χ4n) is 4.22. The molecular weight excluding hydrogens is 406 g/mol. The molecule has 3 aromatic carbocycles. The average molecular weight is 431 g/mol. The van der Waals surface area contributed by atoms with Crippen LogP contribution in [0.4, 0.5) is 10.5 Å². The van der Waals surface area contributed by atoms with Gasteiger partial charge in [0.15, 0.2) is 0 Å². The minimum absolute atomic E-state index is 0.352. The molecule has 0 saturated carbocycles. The van der Waals surface area contributed by atoms with Gasteiger partial charge >= 0.3 is 6.03 Å². The lowest BCUT2D eigenvalue weighted by molar-refractivity contribution is -0.134. The number of carbonyl (C=O) groups excluding carboxylic acids is 3. The van der Waals surface area contributed by atoms with Gasteiger partial charge in [-0.1, -0.05) is 49.4 Å². The number of ether oxygens (including phenoxy) is 1. The maximum absolute atomic E-state index is 13.4. The summed E-state index contributed by atoms with van der Waals surface area (Å²) in [7, 11) is 1.58. The van der Waals surface area contributed by atoms with Gasteiger partial charge in [-0.3, -0.25) is 14.5 Å². The molecule has 32 heavy (non-hydrogen) atoms. The summed E-state index contributed by atoms with van der Waals surface area (Å²) in [5.74, 6) is -0.187. The van der Waals surface area contributed by atoms with Crippen LogP contribution in [0.25, 0.3) is 10.8 Å². The summed E-state index contributed by atoms with van der Waals surface area (Å²) in [4.78, 5) is 39.8. The lowest BCUT2D eigenvalue weighted by atomic mass is 9.86. The van der Waals surface area contributed by atoms with Crippen LogP contribution >= 0.6 is 0 Å². The number of anilines is 1. The lowest BCUT2D eigenvalue weighted by Gasteiger charge is -2.26. The first-order valence-electron chi connectivity index (χ1n) is 10.5. The molecule has 164 valence electrons. The molecule has 0 radical (unpaired) electrons. The van der Waals surface area contributed by atoms with Crippen molar-refractivity contribution < 1.29 is 19.1 Å². The van der Waals surface area contributed by atoms with Gasteiger partial charge in [-0.25, -0.2) is 4.79 Å². The van der Waals surface area contributed by atoms with E-state index in [-0.39, 0.29) is 6.54 Å². The molecule has 1 unspecified atom stereocenters. The molecule has 4 amide bonds. The van der Waals surface area contributed by atoms with E-state index < -0.39 is 23.4 Å². The number of fused-ring (bicyclic) bond motifs is 1. The first-order chi connectivity index (χ1) is 15.4. The third-order valence-electron chi connectivity index (χ3n) is 5.96. The number of carbonyl (C=O) groups is 3. The molecule has 0 aliphatic carbocycles. The van der Waals surface area contributed by atoms with Crippen molar-refractivity contribution in [3.05, 3.63) is 71.8 Å². The van der Waals surface area contributed by atoms with E-state index in [0.29, 0.717) is 23.4 Å². The molecule has 0 aromatic heterocycles. The zero-order valence-electron chi connectivity index (χ0n) is 18.3. The Morgan fingerprint density at radius 1 is 1.09 bits per heavy atom. The predicted octanol–water partition coefficient (Wildman–Crippen LogP) is 3.95. The highest BCUT2D eigenvalue weighted by Gasteiger charge is 2.51. The number of hydrogen-bond donors (Lipinski definition) is 2. The van der Waals surface area contributed by atoms with E-state index >= 15 is 0 Å². The smallest absolute Gasteiger partial charge is 0.325 e. The topological polar surface area (TPSA) is 87.7 Å². The van der Waals surface area contributed by atoms with E-state index in [1.54, 1.807) is 25.3 Å². The Kier molecular flexibility index (Phi) is 5.57. The van der Waals surface area contributed by atoms with Crippen LogP contribution in [0.3, 0.4) is 0 Å². The quantitative estimate of drug-likeness (QED) is 0.579. The average Bonchev–Trinajstić information content (AvgIpc) is 3.04. The maximum atomic E-state index is 13.4. The van der Waals surface area contributed by atoms with Crippen molar-refractivity contribution in [2.24, 2.45) is 0 Å². The number of methoxy groups -OCH3 is 1. The summed E-state index contributed by atoms with van der Waals surface area (Å²) in [6, 6.07) is 18.1. The van der Waals surface area contributed by atoms with Gasteiger partial charge in [-0.15, -0.1) is 0 Å². The number of nitrogens with zero attached hydrogens (tertiary/aromatic N) is 1. The monoisotopic (exact) mass is 431 g/mol. The van der Waals surface area contributed by atoms with Crippen molar-refractivity contribution >= 4 is 34.3 Å². The summed E-state index contributed by atoms with van der Waals surface area (Å²) >= 11 is 0. The second-order valence-electron chi connectivity index (χ2n) is 7.84. The van der Waals surface area contributed by atoms with E-state index in [1.807, 2.05) is 56.3 Å². The summed E-state index contributed by atoms with van der Waals surface area (Å²) in [5, 5.41) is 7.52. The molecule has 7 nitrogen and oxygen atoms in total. The highest BCUT2D eigenvalue weighted by atomic mass is 16.5. The Balaban J connectivity index is 1.57. The first-order valence-corrected chi connectivity index (χ1v) is 10.5. The maximum Gasteiger partial charge on any atom is 0.325 e. The van der Waals surface area contributed by atoms with Gasteiger partial charge in [0.25, 0.3) is 5.91 Å². The molecule has 2 N–H and O–H groups in total. The van der Waals surface area contributed by atoms with Gasteiger partial charge in [0.2, 0.25) is 5.91 Å². The minimum atomic E-state index is -1.21. The summed E-state index contributed by atoms with van der Waals surface area (Å²) in [6.07, 6.45) is 0.352. The Morgan fingerprint density at radius 2 is 1.84 bits per heavy atom. The molecule has 1 aliphatic rings. The lowest BCUT2D eigenvalue weighted by Crippen LogP contribution is -2.44. The van der Waals surface area contributed by atoms with Gasteiger partial charge in [0.1, 0.15) is 17.8 Å². The Hall–Kier alpha value is -3.87. The zero-order valence-corrected chi connectivity index (χ0v) is 18.3. The predicted molar refractivity (Wildman–Crippen MR) is 123 cm³/mol. The fraction of sp³-hybridized carbons (Fsp3) is 0.240. The number of aryl methyl sites for hydroxylation is 1. The normalized spacial score (nSPS) is 18.0. The largest absolute Gasteiger partial charge is 0.496 e. The van der Waals surface area contributed by atoms with Crippen LogP contribution in [0.15, 0.2) is 60.7 Å². The van der Waals surface area contributed by atoms with Crippen molar-refractivity contribution in [3.8, 4) is 5.75 Å². The van der Waals surface area contributed by atoms with Crippen LogP contribution in [-0.4, -0.2) is 36.4 Å². The highest BCUT2D eigenvalue weighted by molar-refractivity contribution is 6.11. The molecule has 1 saturated heterocycles. The molecule has 1 atom stereocenters. The molecular formula is C25H25N3O4. The van der Waals surface area contributed by atoms with E-state index in [4.69, 9.17) is 4.74 Å². The van der Waals surface area contributed by atoms with E-state index in [2.05, 4.69) is 10.6 Å². The molecule has 1 aliphatic heterocycles. The molecule has 0 bridgehead atoms. The first kappa shape index (κ1) is 21.4. The number of nitrogens with one attached hydrogen (secondary N) is 2. The van der Waals surface area contributed by atoms with Gasteiger partial charge < -0.3 is 15.4 Å². The molecule has 1 fully saturated rings. The van der Waals surface area contributed by atoms with E-state index in [9.17, 15) is 14.4 Å². The van der Waals surface area contributed by atoms with Crippen LogP contribution in [0.2, 0.25) is 0 Å². The van der Waals surface area contributed by atoms with Crippen LogP contribution < -0.4 is 15.4 Å². The Labute approximate surface area is 186 Å². The molecule has 1 heterocycles. The number of amides is 4. The van der Waals surface area contributed by atoms with Crippen LogP contribution in [0, 0.1) is 6.92 Å². The van der Waals surface area contributed by atoms with Crippen LogP contribution in [-0.2, 0) is 15.1 Å². The van der Waals surface area contributed by atoms with Crippen LogP contribution in [0.1, 0.15) is 24.5 Å². The van der Waals surface area contributed by atoms with Crippen molar-refractivity contribution in [3.63, 3.8) is 0 Å². The second-order valence-corrected chi connectivity index (χ2v) is 7.84. The Morgan fingerprint density at radius 3 is 2.56 bits per heavy atom. The van der Waals surface area contributed by atoms with Crippen molar-refractivity contribution in [1.82, 2.24) is 10.2 Å². The van der Waals surface area contributed by atoms with E-state index in [1.165, 1.54) is 0 Å². The van der Waals surface area contributed by atoms with Crippen molar-refractivity contribution in [2.45, 2.75) is 25.8 Å². The minimum Gasteiger partial charge on any atom is -0.496 e.